The molecule has 1 aliphatic carbocycles. The SMILES string of the molecule is CCNc1cc(C2CC2)nc(Cc2ccccc2Br)n1. The fourth-order valence-electron chi connectivity index (χ4n) is 2.27. The highest BCUT2D eigenvalue weighted by Crippen LogP contribution is 2.39. The van der Waals surface area contributed by atoms with Crippen LogP contribution in [-0.2, 0) is 6.42 Å². The van der Waals surface area contributed by atoms with Crippen LogP contribution in [0, 0.1) is 0 Å². The van der Waals surface area contributed by atoms with Crippen molar-refractivity contribution in [1.82, 2.24) is 9.97 Å². The van der Waals surface area contributed by atoms with Gasteiger partial charge in [0.2, 0.25) is 0 Å². The summed E-state index contributed by atoms with van der Waals surface area (Å²) in [6.45, 7) is 2.97. The molecule has 4 heteroatoms. The van der Waals surface area contributed by atoms with Crippen molar-refractivity contribution in [2.45, 2.75) is 32.1 Å². The van der Waals surface area contributed by atoms with Gasteiger partial charge in [-0.25, -0.2) is 9.97 Å². The molecule has 0 atom stereocenters. The Morgan fingerprint density at radius 2 is 2.05 bits per heavy atom. The van der Waals surface area contributed by atoms with E-state index in [-0.39, 0.29) is 0 Å². The standard InChI is InChI=1S/C16H18BrN3/c1-2-18-15-10-14(11-7-8-11)19-16(20-15)9-12-5-3-4-6-13(12)17/h3-6,10-11H,2,7-9H2,1H3,(H,18,19,20). The quantitative estimate of drug-likeness (QED) is 0.894. The summed E-state index contributed by atoms with van der Waals surface area (Å²) in [7, 11) is 0. The van der Waals surface area contributed by atoms with Crippen LogP contribution in [0.2, 0.25) is 0 Å². The lowest BCUT2D eigenvalue weighted by Crippen LogP contribution is -2.06. The van der Waals surface area contributed by atoms with Crippen molar-refractivity contribution >= 4 is 21.7 Å². The van der Waals surface area contributed by atoms with Crippen molar-refractivity contribution in [2.75, 3.05) is 11.9 Å². The van der Waals surface area contributed by atoms with Crippen molar-refractivity contribution < 1.29 is 0 Å². The molecule has 1 aliphatic rings. The molecule has 1 fully saturated rings. The van der Waals surface area contributed by atoms with Crippen LogP contribution in [0.4, 0.5) is 5.82 Å². The Labute approximate surface area is 128 Å². The van der Waals surface area contributed by atoms with Gasteiger partial charge in [0.25, 0.3) is 0 Å². The number of nitrogens with zero attached hydrogens (tertiary/aromatic N) is 2. The van der Waals surface area contributed by atoms with E-state index in [1.54, 1.807) is 0 Å². The summed E-state index contributed by atoms with van der Waals surface area (Å²) in [5.74, 6) is 2.50. The van der Waals surface area contributed by atoms with E-state index in [4.69, 9.17) is 4.98 Å². The van der Waals surface area contributed by atoms with E-state index in [1.807, 2.05) is 6.07 Å². The second-order valence-electron chi connectivity index (χ2n) is 5.17. The van der Waals surface area contributed by atoms with Gasteiger partial charge in [0.05, 0.1) is 0 Å². The van der Waals surface area contributed by atoms with E-state index in [0.29, 0.717) is 5.92 Å². The smallest absolute Gasteiger partial charge is 0.135 e. The fourth-order valence-corrected chi connectivity index (χ4v) is 2.69. The molecule has 1 aromatic heterocycles. The molecule has 1 N–H and O–H groups in total. The van der Waals surface area contributed by atoms with Crippen LogP contribution < -0.4 is 5.32 Å². The van der Waals surface area contributed by atoms with E-state index in [1.165, 1.54) is 24.1 Å². The summed E-state index contributed by atoms with van der Waals surface area (Å²) in [5.41, 5.74) is 2.42. The molecule has 104 valence electrons. The minimum absolute atomic E-state index is 0.647. The lowest BCUT2D eigenvalue weighted by atomic mass is 10.1. The highest BCUT2D eigenvalue weighted by molar-refractivity contribution is 9.10. The van der Waals surface area contributed by atoms with Crippen molar-refractivity contribution in [3.8, 4) is 0 Å². The zero-order valence-electron chi connectivity index (χ0n) is 11.6. The largest absolute Gasteiger partial charge is 0.370 e. The second kappa shape index (κ2) is 5.92. The molecule has 3 rings (SSSR count). The minimum Gasteiger partial charge on any atom is -0.370 e. The number of rotatable bonds is 5. The second-order valence-corrected chi connectivity index (χ2v) is 6.02. The van der Waals surface area contributed by atoms with Gasteiger partial charge in [-0.05, 0) is 31.4 Å². The summed E-state index contributed by atoms with van der Waals surface area (Å²) >= 11 is 3.59. The van der Waals surface area contributed by atoms with Crippen LogP contribution >= 0.6 is 15.9 Å². The van der Waals surface area contributed by atoms with Crippen LogP contribution in [0.25, 0.3) is 0 Å². The first-order valence-electron chi connectivity index (χ1n) is 7.11. The molecule has 20 heavy (non-hydrogen) atoms. The Kier molecular flexibility index (Phi) is 4.01. The number of benzene rings is 1. The number of hydrogen-bond donors (Lipinski definition) is 1. The summed E-state index contributed by atoms with van der Waals surface area (Å²) < 4.78 is 1.12. The lowest BCUT2D eigenvalue weighted by Gasteiger charge is -2.09. The first-order chi connectivity index (χ1) is 9.76. The summed E-state index contributed by atoms with van der Waals surface area (Å²) in [4.78, 5) is 9.37. The molecule has 2 aromatic rings. The Morgan fingerprint density at radius 3 is 2.75 bits per heavy atom. The predicted octanol–water partition coefficient (Wildman–Crippen LogP) is 4.14. The monoisotopic (exact) mass is 331 g/mol. The molecule has 1 saturated carbocycles. The Balaban J connectivity index is 1.89. The first kappa shape index (κ1) is 13.6. The molecule has 0 spiro atoms. The summed E-state index contributed by atoms with van der Waals surface area (Å²) in [6, 6.07) is 10.4. The molecule has 0 saturated heterocycles. The van der Waals surface area contributed by atoms with Crippen LogP contribution in [0.5, 0.6) is 0 Å². The highest BCUT2D eigenvalue weighted by atomic mass is 79.9. The highest BCUT2D eigenvalue weighted by Gasteiger charge is 2.26. The average molecular weight is 332 g/mol. The van der Waals surface area contributed by atoms with E-state index in [0.717, 1.165) is 29.1 Å². The van der Waals surface area contributed by atoms with Gasteiger partial charge in [0.1, 0.15) is 11.6 Å². The molecule has 0 aliphatic heterocycles. The van der Waals surface area contributed by atoms with Crippen molar-refractivity contribution in [1.29, 1.82) is 0 Å². The van der Waals surface area contributed by atoms with Crippen LogP contribution in [0.3, 0.4) is 0 Å². The Hall–Kier alpha value is -1.42. The summed E-state index contributed by atoms with van der Waals surface area (Å²) in [6.07, 6.45) is 3.29. The van der Waals surface area contributed by atoms with Crippen molar-refractivity contribution in [3.05, 3.63) is 51.9 Å². The number of halogens is 1. The minimum atomic E-state index is 0.647. The van der Waals surface area contributed by atoms with E-state index >= 15 is 0 Å². The van der Waals surface area contributed by atoms with Gasteiger partial charge in [-0.15, -0.1) is 0 Å². The van der Waals surface area contributed by atoms with E-state index < -0.39 is 0 Å². The number of aromatic nitrogens is 2. The van der Waals surface area contributed by atoms with Gasteiger partial charge in [-0.3, -0.25) is 0 Å². The molecule has 3 nitrogen and oxygen atoms in total. The van der Waals surface area contributed by atoms with Gasteiger partial charge in [0, 0.05) is 35.1 Å². The maximum Gasteiger partial charge on any atom is 0.135 e. The van der Waals surface area contributed by atoms with Gasteiger partial charge in [0.15, 0.2) is 0 Å². The molecule has 0 unspecified atom stereocenters. The van der Waals surface area contributed by atoms with Crippen molar-refractivity contribution in [3.63, 3.8) is 0 Å². The zero-order chi connectivity index (χ0) is 13.9. The number of nitrogens with one attached hydrogen (secondary N) is 1. The first-order valence-corrected chi connectivity index (χ1v) is 7.90. The molecule has 1 aromatic carbocycles. The normalized spacial score (nSPS) is 14.3. The van der Waals surface area contributed by atoms with E-state index in [2.05, 4.69) is 57.4 Å². The fraction of sp³-hybridized carbons (Fsp3) is 0.375. The maximum atomic E-state index is 4.74. The maximum absolute atomic E-state index is 4.74. The molecule has 0 radical (unpaired) electrons. The van der Waals surface area contributed by atoms with Gasteiger partial charge in [-0.2, -0.15) is 0 Å². The third-order valence-electron chi connectivity index (χ3n) is 3.45. The van der Waals surface area contributed by atoms with E-state index in [9.17, 15) is 0 Å². The van der Waals surface area contributed by atoms with Crippen molar-refractivity contribution in [2.24, 2.45) is 0 Å². The zero-order valence-corrected chi connectivity index (χ0v) is 13.2. The Bertz CT molecular complexity index is 608. The number of hydrogen-bond acceptors (Lipinski definition) is 3. The lowest BCUT2D eigenvalue weighted by molar-refractivity contribution is 0.896. The van der Waals surface area contributed by atoms with Gasteiger partial charge >= 0.3 is 0 Å². The number of anilines is 1. The molecule has 0 bridgehead atoms. The average Bonchev–Trinajstić information content (AvgIpc) is 3.26. The molecular weight excluding hydrogens is 314 g/mol. The topological polar surface area (TPSA) is 37.8 Å². The predicted molar refractivity (Wildman–Crippen MR) is 85.1 cm³/mol. The molecule has 0 amide bonds. The third-order valence-corrected chi connectivity index (χ3v) is 4.23. The van der Waals surface area contributed by atoms with Gasteiger partial charge in [-0.1, -0.05) is 34.1 Å². The molecule has 1 heterocycles. The Morgan fingerprint density at radius 1 is 1.25 bits per heavy atom. The molecular formula is C16H18BrN3. The van der Waals surface area contributed by atoms with Crippen LogP contribution in [0.1, 0.15) is 42.8 Å². The van der Waals surface area contributed by atoms with Gasteiger partial charge < -0.3 is 5.32 Å². The van der Waals surface area contributed by atoms with Crippen LogP contribution in [0.15, 0.2) is 34.8 Å². The van der Waals surface area contributed by atoms with Crippen LogP contribution in [-0.4, -0.2) is 16.5 Å². The third kappa shape index (κ3) is 3.18. The summed E-state index contributed by atoms with van der Waals surface area (Å²) in [5, 5.41) is 3.31.